The molecular weight excluding hydrogens is 789 g/mol. The van der Waals surface area contributed by atoms with Gasteiger partial charge < -0.3 is 0 Å². The highest BCUT2D eigenvalue weighted by Gasteiger charge is 2.41. The van der Waals surface area contributed by atoms with Crippen molar-refractivity contribution < 1.29 is 19.2 Å². The van der Waals surface area contributed by atoms with Crippen molar-refractivity contribution in [2.24, 2.45) is 0 Å². The third-order valence-corrected chi connectivity index (χ3v) is 14.4. The topological polar surface area (TPSA) is 74.8 Å². The first kappa shape index (κ1) is 43.4. The maximum atomic E-state index is 15.2. The molecule has 0 atom stereocenters. The second kappa shape index (κ2) is 18.7. The van der Waals surface area contributed by atoms with E-state index in [1.54, 1.807) is 9.80 Å². The van der Waals surface area contributed by atoms with Gasteiger partial charge in [0.2, 0.25) is 0 Å². The number of imide groups is 2. The van der Waals surface area contributed by atoms with Crippen molar-refractivity contribution in [1.82, 2.24) is 9.80 Å². The Morgan fingerprint density at radius 1 is 0.344 bits per heavy atom. The smallest absolute Gasteiger partial charge is 0.261 e. The highest BCUT2D eigenvalue weighted by molar-refractivity contribution is 6.44. The lowest BCUT2D eigenvalue weighted by molar-refractivity contribution is 0.0501. The monoisotopic (exact) mass is 850 g/mol. The van der Waals surface area contributed by atoms with Crippen LogP contribution < -0.4 is 0 Å². The van der Waals surface area contributed by atoms with E-state index in [-0.39, 0.29) is 35.7 Å². The lowest BCUT2D eigenvalue weighted by Crippen LogP contribution is -2.47. The molecule has 0 spiro atoms. The van der Waals surface area contributed by atoms with E-state index >= 15 is 19.2 Å². The fourth-order valence-electron chi connectivity index (χ4n) is 11.2. The van der Waals surface area contributed by atoms with E-state index in [9.17, 15) is 0 Å². The lowest BCUT2D eigenvalue weighted by atomic mass is 9.77. The molecule has 64 heavy (non-hydrogen) atoms. The third kappa shape index (κ3) is 7.37. The third-order valence-electron chi connectivity index (χ3n) is 14.4. The zero-order valence-electron chi connectivity index (χ0n) is 38.2. The van der Waals surface area contributed by atoms with Gasteiger partial charge in [-0.15, -0.1) is 0 Å². The van der Waals surface area contributed by atoms with Crippen LogP contribution in [0, 0.1) is 0 Å². The summed E-state index contributed by atoms with van der Waals surface area (Å²) in [6, 6.07) is 32.2. The summed E-state index contributed by atoms with van der Waals surface area (Å²) in [4.78, 5) is 63.7. The summed E-state index contributed by atoms with van der Waals surface area (Å²) >= 11 is 0. The SMILES string of the molecule is CCCCCC(CCCCC)N1C(=O)c2ccc3c4c(-c5ccccc5)cc5c6c(ccc(c7c(-c8ccccc8)cc(c2c37)C1=O)c64)C(=O)N(C(CCCCC)CCCCC)C5=O. The van der Waals surface area contributed by atoms with E-state index in [0.29, 0.717) is 33.0 Å². The number of nitrogens with zero attached hydrogens (tertiary/aromatic N) is 2. The van der Waals surface area contributed by atoms with Gasteiger partial charge in [0.15, 0.2) is 0 Å². The molecule has 9 rings (SSSR count). The number of rotatable bonds is 20. The molecule has 0 aliphatic carbocycles. The molecule has 2 aliphatic heterocycles. The van der Waals surface area contributed by atoms with E-state index in [1.807, 2.05) is 60.7 Å². The average Bonchev–Trinajstić information content (AvgIpc) is 3.32. The zero-order valence-corrected chi connectivity index (χ0v) is 38.2. The van der Waals surface area contributed by atoms with Crippen molar-refractivity contribution in [2.75, 3.05) is 0 Å². The van der Waals surface area contributed by atoms with Gasteiger partial charge in [0.25, 0.3) is 23.6 Å². The molecule has 0 fully saturated rings. The van der Waals surface area contributed by atoms with Crippen LogP contribution in [0.5, 0.6) is 0 Å². The van der Waals surface area contributed by atoms with Crippen molar-refractivity contribution in [1.29, 1.82) is 0 Å². The summed E-state index contributed by atoms with van der Waals surface area (Å²) in [5.74, 6) is -0.883. The van der Waals surface area contributed by atoms with Gasteiger partial charge in [-0.1, -0.05) is 178 Å². The molecule has 0 N–H and O–H groups in total. The van der Waals surface area contributed by atoms with Crippen molar-refractivity contribution in [3.05, 3.63) is 119 Å². The molecule has 0 aromatic heterocycles. The minimum atomic E-state index is -0.223. The predicted molar refractivity (Wildman–Crippen MR) is 264 cm³/mol. The lowest BCUT2D eigenvalue weighted by Gasteiger charge is -2.36. The Morgan fingerprint density at radius 2 is 0.672 bits per heavy atom. The first-order valence-electron chi connectivity index (χ1n) is 24.5. The van der Waals surface area contributed by atoms with E-state index < -0.39 is 0 Å². The van der Waals surface area contributed by atoms with Gasteiger partial charge >= 0.3 is 0 Å². The van der Waals surface area contributed by atoms with E-state index in [0.717, 1.165) is 157 Å². The Morgan fingerprint density at radius 3 is 1.00 bits per heavy atom. The molecule has 0 unspecified atom stereocenters. The molecule has 0 saturated carbocycles. The summed E-state index contributed by atoms with van der Waals surface area (Å²) in [6.45, 7) is 8.74. The molecule has 0 radical (unpaired) electrons. The van der Waals surface area contributed by atoms with Gasteiger partial charge in [0, 0.05) is 45.1 Å². The molecular formula is C58H62N2O4. The van der Waals surface area contributed by atoms with Crippen LogP contribution in [0.1, 0.15) is 172 Å². The van der Waals surface area contributed by atoms with Crippen LogP contribution in [0.15, 0.2) is 97.1 Å². The van der Waals surface area contributed by atoms with Gasteiger partial charge in [-0.2, -0.15) is 0 Å². The van der Waals surface area contributed by atoms with Crippen LogP contribution in [0.4, 0.5) is 0 Å². The summed E-state index contributed by atoms with van der Waals surface area (Å²) in [5, 5.41) is 6.78. The Kier molecular flexibility index (Phi) is 12.7. The number of fused-ring (bicyclic) bond motifs is 2. The van der Waals surface area contributed by atoms with Crippen molar-refractivity contribution in [2.45, 2.75) is 143 Å². The first-order chi connectivity index (χ1) is 31.3. The van der Waals surface area contributed by atoms with Gasteiger partial charge in [-0.05, 0) is 105 Å². The molecule has 2 heterocycles. The van der Waals surface area contributed by atoms with Crippen LogP contribution >= 0.6 is 0 Å². The molecule has 0 bridgehead atoms. The first-order valence-corrected chi connectivity index (χ1v) is 24.5. The molecule has 7 aromatic carbocycles. The molecule has 7 aromatic rings. The Balaban J connectivity index is 1.35. The summed E-state index contributed by atoms with van der Waals surface area (Å²) in [7, 11) is 0. The molecule has 2 aliphatic rings. The van der Waals surface area contributed by atoms with Crippen molar-refractivity contribution >= 4 is 66.7 Å². The fraction of sp³-hybridized carbons (Fsp3) is 0.379. The van der Waals surface area contributed by atoms with Gasteiger partial charge in [-0.3, -0.25) is 29.0 Å². The number of carbonyl (C=O) groups excluding carboxylic acids is 4. The Hall–Kier alpha value is -5.88. The summed E-state index contributed by atoms with van der Waals surface area (Å²) in [6.07, 6.45) is 15.6. The van der Waals surface area contributed by atoms with E-state index in [2.05, 4.69) is 64.1 Å². The average molecular weight is 851 g/mol. The van der Waals surface area contributed by atoms with Gasteiger partial charge in [0.05, 0.1) is 0 Å². The van der Waals surface area contributed by atoms with Gasteiger partial charge in [-0.25, -0.2) is 0 Å². The zero-order chi connectivity index (χ0) is 44.5. The molecule has 6 heteroatoms. The Labute approximate surface area is 378 Å². The maximum Gasteiger partial charge on any atom is 0.261 e. The van der Waals surface area contributed by atoms with Gasteiger partial charge in [0.1, 0.15) is 0 Å². The second-order valence-corrected chi connectivity index (χ2v) is 18.5. The van der Waals surface area contributed by atoms with E-state index in [4.69, 9.17) is 0 Å². The number of unbranched alkanes of at least 4 members (excludes halogenated alkanes) is 8. The quantitative estimate of drug-likeness (QED) is 0.0331. The second-order valence-electron chi connectivity index (χ2n) is 18.5. The number of benzene rings is 7. The highest BCUT2D eigenvalue weighted by Crippen LogP contribution is 2.52. The highest BCUT2D eigenvalue weighted by atomic mass is 16.2. The number of hydrogen-bond acceptors (Lipinski definition) is 4. The molecule has 6 nitrogen and oxygen atoms in total. The number of amides is 4. The predicted octanol–water partition coefficient (Wildman–Crippen LogP) is 15.3. The molecule has 4 amide bonds. The van der Waals surface area contributed by atoms with Crippen LogP contribution in [-0.2, 0) is 0 Å². The summed E-state index contributed by atoms with van der Waals surface area (Å²) < 4.78 is 0. The van der Waals surface area contributed by atoms with Crippen molar-refractivity contribution in [3.63, 3.8) is 0 Å². The maximum absolute atomic E-state index is 15.2. The minimum absolute atomic E-state index is 0.178. The molecule has 0 saturated heterocycles. The van der Waals surface area contributed by atoms with E-state index in [1.165, 1.54) is 0 Å². The summed E-state index contributed by atoms with van der Waals surface area (Å²) in [5.41, 5.74) is 5.92. The van der Waals surface area contributed by atoms with Crippen LogP contribution in [-0.4, -0.2) is 45.5 Å². The minimum Gasteiger partial charge on any atom is -0.271 e. The largest absolute Gasteiger partial charge is 0.271 e. The fourth-order valence-corrected chi connectivity index (χ4v) is 11.2. The van der Waals surface area contributed by atoms with Crippen molar-refractivity contribution in [3.8, 4) is 22.3 Å². The molecule has 328 valence electrons. The van der Waals surface area contributed by atoms with Crippen LogP contribution in [0.3, 0.4) is 0 Å². The normalized spacial score (nSPS) is 14.0. The van der Waals surface area contributed by atoms with Crippen LogP contribution in [0.25, 0.3) is 65.3 Å². The standard InChI is InChI=1S/C58H62N2O4/c1-5-9-15-27-39(28-16-10-6-2)59-55(61)43-33-31-41-50-46(38-25-21-14-22-26-38)36-48-52-44(56(62)60(58(48)64)40(29-17-11-7-3)30-18-12-8-4)34-32-42(54(50)52)49-45(37-23-19-13-20-24-37)35-47(57(59)63)51(43)53(41)49/h13-14,19-26,31-36,39-40H,5-12,15-18,27-30H2,1-4H3. The number of hydrogen-bond donors (Lipinski definition) is 0. The van der Waals surface area contributed by atoms with Crippen LogP contribution in [0.2, 0.25) is 0 Å². The Bertz CT molecular complexity index is 2660. The number of carbonyl (C=O) groups is 4.